The third-order valence-corrected chi connectivity index (χ3v) is 12.8. The second-order valence-electron chi connectivity index (χ2n) is 12.9. The Kier molecular flexibility index (Phi) is 6.20. The van der Waals surface area contributed by atoms with Gasteiger partial charge >= 0.3 is 300 Å². The van der Waals surface area contributed by atoms with Crippen LogP contribution in [0.2, 0.25) is 0 Å². The van der Waals surface area contributed by atoms with Crippen molar-refractivity contribution in [2.24, 2.45) is 0 Å². The van der Waals surface area contributed by atoms with Crippen LogP contribution in [0.4, 0.5) is 0 Å². The zero-order chi connectivity index (χ0) is 33.5. The zero-order valence-electron chi connectivity index (χ0n) is 27.2. The molecular formula is C45H27N5Se. The Balaban J connectivity index is 1.10. The van der Waals surface area contributed by atoms with Crippen LogP contribution < -0.4 is 0 Å². The van der Waals surface area contributed by atoms with E-state index in [-0.39, 0.29) is 14.5 Å². The summed E-state index contributed by atoms with van der Waals surface area (Å²) in [5, 5.41) is 15.3. The van der Waals surface area contributed by atoms with Crippen LogP contribution in [0, 0.1) is 0 Å². The average molecular weight is 717 g/mol. The van der Waals surface area contributed by atoms with Crippen molar-refractivity contribution < 1.29 is 0 Å². The first-order chi connectivity index (χ1) is 25.3. The molecule has 11 aromatic rings. The van der Waals surface area contributed by atoms with Gasteiger partial charge in [0.2, 0.25) is 0 Å². The Morgan fingerprint density at radius 1 is 0.412 bits per heavy atom. The third kappa shape index (κ3) is 4.24. The van der Waals surface area contributed by atoms with E-state index >= 15 is 0 Å². The van der Waals surface area contributed by atoms with Gasteiger partial charge in [-0.25, -0.2) is 0 Å². The SMILES string of the molecule is c1ccc(-n2c3ccccc3c3cc(-c4cncc5c4[se]c4c(-c6ccc7c(c6)c6ccccc6n7-c6ccccc6)cnnc45)ccc32)cc1. The molecule has 51 heavy (non-hydrogen) atoms. The normalized spacial score (nSPS) is 11.9. The summed E-state index contributed by atoms with van der Waals surface area (Å²) in [6.07, 6.45) is 5.95. The predicted molar refractivity (Wildman–Crippen MR) is 211 cm³/mol. The number of aromatic nitrogens is 5. The van der Waals surface area contributed by atoms with Crippen LogP contribution in [0.15, 0.2) is 164 Å². The van der Waals surface area contributed by atoms with E-state index < -0.39 is 0 Å². The van der Waals surface area contributed by atoms with Gasteiger partial charge in [0, 0.05) is 0 Å². The second kappa shape index (κ2) is 11.1. The van der Waals surface area contributed by atoms with Crippen molar-refractivity contribution in [1.29, 1.82) is 0 Å². The van der Waals surface area contributed by atoms with Crippen LogP contribution >= 0.6 is 0 Å². The first-order valence-corrected chi connectivity index (χ1v) is 18.7. The molecule has 238 valence electrons. The van der Waals surface area contributed by atoms with Gasteiger partial charge < -0.3 is 0 Å². The molecule has 0 bridgehead atoms. The summed E-state index contributed by atoms with van der Waals surface area (Å²) in [4.78, 5) is 4.77. The number of rotatable bonds is 4. The van der Waals surface area contributed by atoms with Crippen molar-refractivity contribution in [3.05, 3.63) is 164 Å². The van der Waals surface area contributed by atoms with E-state index in [4.69, 9.17) is 10.1 Å². The Morgan fingerprint density at radius 3 is 1.51 bits per heavy atom. The van der Waals surface area contributed by atoms with Gasteiger partial charge in [0.15, 0.2) is 0 Å². The summed E-state index contributed by atoms with van der Waals surface area (Å²) in [7, 11) is 0. The van der Waals surface area contributed by atoms with Gasteiger partial charge in [-0.1, -0.05) is 0 Å². The van der Waals surface area contributed by atoms with E-state index in [1.54, 1.807) is 0 Å². The van der Waals surface area contributed by atoms with Crippen molar-refractivity contribution in [2.45, 2.75) is 0 Å². The number of nitrogens with zero attached hydrogens (tertiary/aromatic N) is 5. The van der Waals surface area contributed by atoms with Crippen LogP contribution in [-0.4, -0.2) is 38.8 Å². The molecule has 0 saturated heterocycles. The maximum atomic E-state index is 4.77. The van der Waals surface area contributed by atoms with Gasteiger partial charge in [0.25, 0.3) is 0 Å². The van der Waals surface area contributed by atoms with Crippen LogP contribution in [0.5, 0.6) is 0 Å². The second-order valence-corrected chi connectivity index (χ2v) is 15.1. The molecule has 0 amide bonds. The summed E-state index contributed by atoms with van der Waals surface area (Å²) in [5.41, 5.74) is 12.7. The fourth-order valence-electron chi connectivity index (χ4n) is 7.89. The van der Waals surface area contributed by atoms with Crippen molar-refractivity contribution in [1.82, 2.24) is 24.3 Å². The molecule has 0 aliphatic carbocycles. The molecule has 5 aromatic heterocycles. The Bertz CT molecular complexity index is 2920. The van der Waals surface area contributed by atoms with Crippen molar-refractivity contribution >= 4 is 77.5 Å². The number of hydrogen-bond donors (Lipinski definition) is 0. The average Bonchev–Trinajstić information content (AvgIpc) is 3.86. The maximum absolute atomic E-state index is 4.77. The van der Waals surface area contributed by atoms with E-state index in [1.807, 2.05) is 18.6 Å². The van der Waals surface area contributed by atoms with Crippen molar-refractivity contribution in [3.8, 4) is 33.6 Å². The number of benzene rings is 6. The zero-order valence-corrected chi connectivity index (χ0v) is 28.9. The molecule has 0 unspecified atom stereocenters. The van der Waals surface area contributed by atoms with E-state index in [1.165, 1.54) is 57.7 Å². The van der Waals surface area contributed by atoms with Gasteiger partial charge in [-0.2, -0.15) is 0 Å². The van der Waals surface area contributed by atoms with Gasteiger partial charge in [0.1, 0.15) is 0 Å². The van der Waals surface area contributed by atoms with Gasteiger partial charge in [0.05, 0.1) is 0 Å². The summed E-state index contributed by atoms with van der Waals surface area (Å²) in [6.45, 7) is 0. The summed E-state index contributed by atoms with van der Waals surface area (Å²) in [5.74, 6) is 0. The first-order valence-electron chi connectivity index (χ1n) is 17.0. The molecule has 6 aromatic carbocycles. The monoisotopic (exact) mass is 717 g/mol. The quantitative estimate of drug-likeness (QED) is 0.170. The molecule has 0 aliphatic heterocycles. The first kappa shape index (κ1) is 28.5. The third-order valence-electron chi connectivity index (χ3n) is 10.2. The molecule has 0 atom stereocenters. The Hall–Kier alpha value is -6.33. The van der Waals surface area contributed by atoms with Crippen molar-refractivity contribution in [3.63, 3.8) is 0 Å². The van der Waals surface area contributed by atoms with E-state index in [0.717, 1.165) is 39.0 Å². The molecule has 0 fully saturated rings. The van der Waals surface area contributed by atoms with Gasteiger partial charge in [-0.3, -0.25) is 0 Å². The van der Waals surface area contributed by atoms with E-state index in [2.05, 4.69) is 160 Å². The Labute approximate surface area is 298 Å². The molecule has 5 heterocycles. The summed E-state index contributed by atoms with van der Waals surface area (Å²) >= 11 is 0.00814. The molecule has 6 heteroatoms. The summed E-state index contributed by atoms with van der Waals surface area (Å²) in [6, 6.07) is 52.3. The molecule has 0 spiro atoms. The van der Waals surface area contributed by atoms with Crippen LogP contribution in [0.3, 0.4) is 0 Å². The summed E-state index contributed by atoms with van der Waals surface area (Å²) < 4.78 is 7.28. The molecule has 0 saturated carbocycles. The van der Waals surface area contributed by atoms with Crippen LogP contribution in [0.1, 0.15) is 0 Å². The number of fused-ring (bicyclic) bond motifs is 9. The fourth-order valence-corrected chi connectivity index (χ4v) is 10.6. The van der Waals surface area contributed by atoms with Crippen LogP contribution in [-0.2, 0) is 0 Å². The molecule has 0 aliphatic rings. The van der Waals surface area contributed by atoms with Crippen molar-refractivity contribution in [2.75, 3.05) is 0 Å². The number of para-hydroxylation sites is 4. The van der Waals surface area contributed by atoms with Gasteiger partial charge in [-0.05, 0) is 0 Å². The van der Waals surface area contributed by atoms with E-state index in [9.17, 15) is 0 Å². The molecular weight excluding hydrogens is 689 g/mol. The topological polar surface area (TPSA) is 48.5 Å². The molecule has 5 nitrogen and oxygen atoms in total. The number of pyridine rings is 1. The minimum atomic E-state index is 0.00814. The number of hydrogen-bond acceptors (Lipinski definition) is 3. The fraction of sp³-hybridized carbons (Fsp3) is 0. The van der Waals surface area contributed by atoms with Gasteiger partial charge in [-0.15, -0.1) is 0 Å². The minimum absolute atomic E-state index is 0.00814. The molecule has 0 N–H and O–H groups in total. The predicted octanol–water partition coefficient (Wildman–Crippen LogP) is 10.8. The van der Waals surface area contributed by atoms with Crippen LogP contribution in [0.25, 0.3) is 96.7 Å². The standard InChI is InChI=1S/C45H27N5Se/c1-3-11-30(12-4-1)49-39-17-9-7-15-32(39)34-23-28(19-21-41(34)49)36-25-46-26-38-43-45(51-44(36)38)37(27-47-48-43)29-20-22-42-35(24-29)33-16-8-10-18-40(33)50(42)31-13-5-2-6-14-31/h1-27H. The Morgan fingerprint density at radius 2 is 0.922 bits per heavy atom. The molecule has 0 radical (unpaired) electrons. The van der Waals surface area contributed by atoms with E-state index in [0.29, 0.717) is 0 Å². The molecule has 11 rings (SSSR count).